The minimum atomic E-state index is -0.295. The van der Waals surface area contributed by atoms with E-state index < -0.39 is 0 Å². The standard InChI is InChI=1S/C12H23ClN2O/c1-3-7-14(8-4-2)11-5-9-15(10-6-11)12(13)16/h11H,3-10H2,1-2H3. The zero-order valence-corrected chi connectivity index (χ0v) is 11.2. The summed E-state index contributed by atoms with van der Waals surface area (Å²) < 4.78 is 0. The van der Waals surface area contributed by atoms with Crippen LogP contribution in [-0.4, -0.2) is 47.4 Å². The van der Waals surface area contributed by atoms with E-state index in [0.717, 1.165) is 25.9 Å². The molecule has 0 aromatic heterocycles. The van der Waals surface area contributed by atoms with Crippen LogP contribution in [0, 0.1) is 0 Å². The van der Waals surface area contributed by atoms with Gasteiger partial charge in [0.15, 0.2) is 0 Å². The molecule has 0 atom stereocenters. The Morgan fingerprint density at radius 3 is 2.12 bits per heavy atom. The van der Waals surface area contributed by atoms with Crippen LogP contribution >= 0.6 is 11.6 Å². The van der Waals surface area contributed by atoms with Gasteiger partial charge in [-0.15, -0.1) is 0 Å². The lowest BCUT2D eigenvalue weighted by Crippen LogP contribution is -2.46. The number of rotatable bonds is 5. The fourth-order valence-electron chi connectivity index (χ4n) is 2.46. The van der Waals surface area contributed by atoms with Crippen molar-refractivity contribution in [1.29, 1.82) is 0 Å². The molecule has 4 heteroatoms. The average Bonchev–Trinajstić information content (AvgIpc) is 2.29. The number of halogens is 1. The summed E-state index contributed by atoms with van der Waals surface area (Å²) in [5.74, 6) is 0. The highest BCUT2D eigenvalue weighted by Crippen LogP contribution is 2.18. The second kappa shape index (κ2) is 7.13. The van der Waals surface area contributed by atoms with E-state index in [1.54, 1.807) is 4.90 Å². The lowest BCUT2D eigenvalue weighted by molar-refractivity contribution is 0.124. The predicted molar refractivity (Wildman–Crippen MR) is 68.0 cm³/mol. The van der Waals surface area contributed by atoms with Crippen molar-refractivity contribution in [3.63, 3.8) is 0 Å². The molecule has 1 aliphatic heterocycles. The van der Waals surface area contributed by atoms with Gasteiger partial charge in [-0.05, 0) is 50.4 Å². The summed E-state index contributed by atoms with van der Waals surface area (Å²) in [6.45, 7) is 8.43. The van der Waals surface area contributed by atoms with Gasteiger partial charge in [0.2, 0.25) is 0 Å². The average molecular weight is 247 g/mol. The van der Waals surface area contributed by atoms with Crippen LogP contribution in [-0.2, 0) is 0 Å². The monoisotopic (exact) mass is 246 g/mol. The van der Waals surface area contributed by atoms with Crippen molar-refractivity contribution >= 4 is 17.0 Å². The lowest BCUT2D eigenvalue weighted by atomic mass is 10.0. The van der Waals surface area contributed by atoms with Crippen molar-refractivity contribution in [3.05, 3.63) is 0 Å². The van der Waals surface area contributed by atoms with Crippen LogP contribution in [0.2, 0.25) is 0 Å². The number of nitrogens with zero attached hydrogens (tertiary/aromatic N) is 2. The highest BCUT2D eigenvalue weighted by atomic mass is 35.5. The van der Waals surface area contributed by atoms with Gasteiger partial charge in [0, 0.05) is 19.1 Å². The van der Waals surface area contributed by atoms with Crippen LogP contribution in [0.5, 0.6) is 0 Å². The summed E-state index contributed by atoms with van der Waals surface area (Å²) in [6, 6.07) is 0.646. The minimum Gasteiger partial charge on any atom is -0.329 e. The van der Waals surface area contributed by atoms with E-state index in [1.807, 2.05) is 0 Å². The maximum atomic E-state index is 11.0. The van der Waals surface area contributed by atoms with Gasteiger partial charge in [-0.3, -0.25) is 4.79 Å². The number of carbonyl (C=O) groups is 1. The number of amides is 1. The molecule has 1 saturated heterocycles. The Bertz CT molecular complexity index is 209. The van der Waals surface area contributed by atoms with Crippen LogP contribution in [0.1, 0.15) is 39.5 Å². The molecule has 0 aromatic rings. The molecule has 3 nitrogen and oxygen atoms in total. The van der Waals surface area contributed by atoms with Gasteiger partial charge >= 0.3 is 5.37 Å². The third kappa shape index (κ3) is 3.95. The normalized spacial score (nSPS) is 18.1. The quantitative estimate of drug-likeness (QED) is 0.550. The molecule has 1 fully saturated rings. The lowest BCUT2D eigenvalue weighted by Gasteiger charge is -2.37. The van der Waals surface area contributed by atoms with Gasteiger partial charge in [-0.2, -0.15) is 0 Å². The summed E-state index contributed by atoms with van der Waals surface area (Å²) in [5, 5.41) is -0.295. The molecule has 16 heavy (non-hydrogen) atoms. The summed E-state index contributed by atoms with van der Waals surface area (Å²) >= 11 is 5.48. The molecule has 1 aliphatic rings. The third-order valence-electron chi connectivity index (χ3n) is 3.25. The van der Waals surface area contributed by atoms with E-state index in [1.165, 1.54) is 25.9 Å². The van der Waals surface area contributed by atoms with Gasteiger partial charge in [0.1, 0.15) is 0 Å². The van der Waals surface area contributed by atoms with Crippen molar-refractivity contribution in [1.82, 2.24) is 9.80 Å². The zero-order valence-electron chi connectivity index (χ0n) is 10.4. The van der Waals surface area contributed by atoms with Crippen molar-refractivity contribution in [2.45, 2.75) is 45.6 Å². The highest BCUT2D eigenvalue weighted by Gasteiger charge is 2.25. The van der Waals surface area contributed by atoms with E-state index in [9.17, 15) is 4.79 Å². The first-order valence-corrected chi connectivity index (χ1v) is 6.75. The van der Waals surface area contributed by atoms with Crippen LogP contribution in [0.15, 0.2) is 0 Å². The molecule has 94 valence electrons. The maximum absolute atomic E-state index is 11.0. The summed E-state index contributed by atoms with van der Waals surface area (Å²) in [7, 11) is 0. The number of likely N-dealkylation sites (tertiary alicyclic amines) is 1. The van der Waals surface area contributed by atoms with Crippen LogP contribution < -0.4 is 0 Å². The number of piperidine rings is 1. The minimum absolute atomic E-state index is 0.295. The molecule has 1 amide bonds. The van der Waals surface area contributed by atoms with Crippen LogP contribution in [0.4, 0.5) is 4.79 Å². The number of hydrogen-bond donors (Lipinski definition) is 0. The second-order valence-corrected chi connectivity index (χ2v) is 4.83. The third-order valence-corrected chi connectivity index (χ3v) is 3.49. The Labute approximate surface area is 104 Å². The molecule has 0 unspecified atom stereocenters. The first-order chi connectivity index (χ1) is 7.69. The van der Waals surface area contributed by atoms with Gasteiger partial charge in [0.05, 0.1) is 0 Å². The Morgan fingerprint density at radius 1 is 1.25 bits per heavy atom. The molecule has 0 radical (unpaired) electrons. The van der Waals surface area contributed by atoms with E-state index in [4.69, 9.17) is 11.6 Å². The topological polar surface area (TPSA) is 23.6 Å². The van der Waals surface area contributed by atoms with Crippen molar-refractivity contribution < 1.29 is 4.79 Å². The predicted octanol–water partition coefficient (Wildman–Crippen LogP) is 2.93. The SMILES string of the molecule is CCCN(CCC)C1CCN(C(=O)Cl)CC1. The first kappa shape index (κ1) is 13.8. The smallest absolute Gasteiger partial charge is 0.316 e. The Hall–Kier alpha value is -0.280. The van der Waals surface area contributed by atoms with Crippen LogP contribution in [0.25, 0.3) is 0 Å². The molecule has 0 aromatic carbocycles. The van der Waals surface area contributed by atoms with Crippen molar-refractivity contribution in [2.75, 3.05) is 26.2 Å². The van der Waals surface area contributed by atoms with Crippen molar-refractivity contribution in [2.24, 2.45) is 0 Å². The largest absolute Gasteiger partial charge is 0.329 e. The Morgan fingerprint density at radius 2 is 1.75 bits per heavy atom. The summed E-state index contributed by atoms with van der Waals surface area (Å²) in [4.78, 5) is 15.3. The highest BCUT2D eigenvalue weighted by molar-refractivity contribution is 6.62. The Balaban J connectivity index is 2.40. The van der Waals surface area contributed by atoms with Gasteiger partial charge < -0.3 is 9.80 Å². The van der Waals surface area contributed by atoms with Gasteiger partial charge in [0.25, 0.3) is 0 Å². The number of hydrogen-bond acceptors (Lipinski definition) is 2. The zero-order chi connectivity index (χ0) is 12.0. The molecule has 1 heterocycles. The molecule has 0 spiro atoms. The second-order valence-electron chi connectivity index (χ2n) is 4.51. The fraction of sp³-hybridized carbons (Fsp3) is 0.917. The first-order valence-electron chi connectivity index (χ1n) is 6.37. The van der Waals surface area contributed by atoms with Gasteiger partial charge in [-0.1, -0.05) is 13.8 Å². The summed E-state index contributed by atoms with van der Waals surface area (Å²) in [6.07, 6.45) is 4.54. The molecular formula is C12H23ClN2O. The molecular weight excluding hydrogens is 224 g/mol. The molecule has 1 rings (SSSR count). The molecule has 0 saturated carbocycles. The molecule has 0 bridgehead atoms. The van der Waals surface area contributed by atoms with Gasteiger partial charge in [-0.25, -0.2) is 0 Å². The van der Waals surface area contributed by atoms with E-state index in [-0.39, 0.29) is 5.37 Å². The van der Waals surface area contributed by atoms with Crippen LogP contribution in [0.3, 0.4) is 0 Å². The van der Waals surface area contributed by atoms with Crippen molar-refractivity contribution in [3.8, 4) is 0 Å². The fourth-order valence-corrected chi connectivity index (χ4v) is 2.63. The Kier molecular flexibility index (Phi) is 6.14. The number of carbonyl (C=O) groups excluding carboxylic acids is 1. The molecule has 0 aliphatic carbocycles. The molecule has 0 N–H and O–H groups in total. The van der Waals surface area contributed by atoms with E-state index in [0.29, 0.717) is 6.04 Å². The summed E-state index contributed by atoms with van der Waals surface area (Å²) in [5.41, 5.74) is 0. The van der Waals surface area contributed by atoms with E-state index in [2.05, 4.69) is 18.7 Å². The van der Waals surface area contributed by atoms with E-state index >= 15 is 0 Å². The maximum Gasteiger partial charge on any atom is 0.316 e.